The number of nitrogens with one attached hydrogen (secondary N) is 3. The molecule has 0 aromatic heterocycles. The van der Waals surface area contributed by atoms with E-state index in [0.29, 0.717) is 33.5 Å². The van der Waals surface area contributed by atoms with Crippen LogP contribution < -0.4 is 25.4 Å². The van der Waals surface area contributed by atoms with E-state index in [1.165, 1.54) is 14.2 Å². The summed E-state index contributed by atoms with van der Waals surface area (Å²) in [5.41, 5.74) is 1.45. The Kier molecular flexibility index (Phi) is 7.52. The second-order valence-corrected chi connectivity index (χ2v) is 6.67. The van der Waals surface area contributed by atoms with E-state index in [2.05, 4.69) is 16.0 Å². The minimum atomic E-state index is -0.321. The molecular weight excluding hydrogens is 382 g/mol. The second kappa shape index (κ2) is 9.85. The van der Waals surface area contributed by atoms with Crippen LogP contribution in [-0.2, 0) is 4.79 Å². The molecule has 0 atom stereocenters. The summed E-state index contributed by atoms with van der Waals surface area (Å²) in [4.78, 5) is 24.7. The van der Waals surface area contributed by atoms with Crippen LogP contribution in [0.2, 0.25) is 5.02 Å². The van der Waals surface area contributed by atoms with E-state index in [1.807, 2.05) is 13.8 Å². The Bertz CT molecular complexity index is 855. The standard InChI is InChI=1S/C20H24ClN3O4/c1-12(2)23-20(26)13-7-5-6-8-15(13)22-11-19(25)24-16-9-14(21)17(27-3)10-18(16)28-4/h5-10,12,22H,11H2,1-4H3,(H,23,26)(H,24,25). The number of rotatable bonds is 8. The van der Waals surface area contributed by atoms with E-state index in [4.69, 9.17) is 21.1 Å². The maximum Gasteiger partial charge on any atom is 0.253 e. The predicted molar refractivity (Wildman–Crippen MR) is 111 cm³/mol. The largest absolute Gasteiger partial charge is 0.495 e. The van der Waals surface area contributed by atoms with Gasteiger partial charge in [0.1, 0.15) is 11.5 Å². The van der Waals surface area contributed by atoms with Crippen molar-refractivity contribution in [3.8, 4) is 11.5 Å². The van der Waals surface area contributed by atoms with Gasteiger partial charge in [-0.2, -0.15) is 0 Å². The molecule has 28 heavy (non-hydrogen) atoms. The molecule has 0 saturated carbocycles. The van der Waals surface area contributed by atoms with Crippen molar-refractivity contribution >= 4 is 34.8 Å². The molecule has 0 saturated heterocycles. The Balaban J connectivity index is 2.08. The molecule has 2 aromatic rings. The summed E-state index contributed by atoms with van der Waals surface area (Å²) in [5.74, 6) is 0.340. The van der Waals surface area contributed by atoms with E-state index >= 15 is 0 Å². The van der Waals surface area contributed by atoms with Gasteiger partial charge in [0, 0.05) is 17.8 Å². The number of hydrogen-bond acceptors (Lipinski definition) is 5. The van der Waals surface area contributed by atoms with Gasteiger partial charge in [-0.1, -0.05) is 23.7 Å². The van der Waals surface area contributed by atoms with Crippen molar-refractivity contribution in [1.29, 1.82) is 0 Å². The number of carbonyl (C=O) groups is 2. The monoisotopic (exact) mass is 405 g/mol. The van der Waals surface area contributed by atoms with E-state index in [0.717, 1.165) is 0 Å². The average Bonchev–Trinajstić information content (AvgIpc) is 2.66. The van der Waals surface area contributed by atoms with Gasteiger partial charge in [-0.25, -0.2) is 0 Å². The Morgan fingerprint density at radius 1 is 1.04 bits per heavy atom. The number of amides is 2. The van der Waals surface area contributed by atoms with Gasteiger partial charge in [0.2, 0.25) is 5.91 Å². The van der Waals surface area contributed by atoms with Gasteiger partial charge >= 0.3 is 0 Å². The molecule has 150 valence electrons. The van der Waals surface area contributed by atoms with E-state index in [1.54, 1.807) is 36.4 Å². The SMILES string of the molecule is COc1cc(OC)c(NC(=O)CNc2ccccc2C(=O)NC(C)C)cc1Cl. The Hall–Kier alpha value is -2.93. The normalized spacial score (nSPS) is 10.4. The molecule has 0 unspecified atom stereocenters. The molecule has 7 nitrogen and oxygen atoms in total. The van der Waals surface area contributed by atoms with Gasteiger partial charge in [0.15, 0.2) is 0 Å². The third-order valence-electron chi connectivity index (χ3n) is 3.78. The summed E-state index contributed by atoms with van der Waals surface area (Å²) in [6.07, 6.45) is 0. The quantitative estimate of drug-likeness (QED) is 0.625. The summed E-state index contributed by atoms with van der Waals surface area (Å²) in [7, 11) is 2.98. The fourth-order valence-corrected chi connectivity index (χ4v) is 2.74. The summed E-state index contributed by atoms with van der Waals surface area (Å²) in [5, 5.41) is 8.91. The van der Waals surface area contributed by atoms with Crippen LogP contribution in [-0.4, -0.2) is 38.6 Å². The van der Waals surface area contributed by atoms with Gasteiger partial charge in [0.05, 0.1) is 37.0 Å². The molecule has 0 aliphatic heterocycles. The Labute approximate surface area is 169 Å². The maximum atomic E-state index is 12.4. The summed E-state index contributed by atoms with van der Waals surface area (Å²) >= 11 is 6.12. The lowest BCUT2D eigenvalue weighted by Crippen LogP contribution is -2.31. The Morgan fingerprint density at radius 2 is 1.71 bits per heavy atom. The van der Waals surface area contributed by atoms with Crippen molar-refractivity contribution in [3.05, 3.63) is 47.0 Å². The number of benzene rings is 2. The van der Waals surface area contributed by atoms with Gasteiger partial charge in [-0.05, 0) is 32.0 Å². The van der Waals surface area contributed by atoms with Gasteiger partial charge in [-0.3, -0.25) is 9.59 Å². The van der Waals surface area contributed by atoms with Crippen molar-refractivity contribution in [1.82, 2.24) is 5.32 Å². The fraction of sp³-hybridized carbons (Fsp3) is 0.300. The van der Waals surface area contributed by atoms with Gasteiger partial charge in [-0.15, -0.1) is 0 Å². The number of para-hydroxylation sites is 1. The zero-order valence-corrected chi connectivity index (χ0v) is 17.0. The second-order valence-electron chi connectivity index (χ2n) is 6.26. The van der Waals surface area contributed by atoms with E-state index in [9.17, 15) is 9.59 Å². The highest BCUT2D eigenvalue weighted by atomic mass is 35.5. The number of halogens is 1. The number of hydrogen-bond donors (Lipinski definition) is 3. The minimum absolute atomic E-state index is 0.0103. The number of methoxy groups -OCH3 is 2. The first-order valence-corrected chi connectivity index (χ1v) is 9.08. The molecule has 0 aliphatic carbocycles. The lowest BCUT2D eigenvalue weighted by atomic mass is 10.1. The zero-order chi connectivity index (χ0) is 20.7. The van der Waals surface area contributed by atoms with Gasteiger partial charge in [0.25, 0.3) is 5.91 Å². The van der Waals surface area contributed by atoms with Crippen LogP contribution in [0, 0.1) is 0 Å². The zero-order valence-electron chi connectivity index (χ0n) is 16.3. The summed E-state index contributed by atoms with van der Waals surface area (Å²) in [6, 6.07) is 10.2. The van der Waals surface area contributed by atoms with Crippen molar-refractivity contribution < 1.29 is 19.1 Å². The lowest BCUT2D eigenvalue weighted by molar-refractivity contribution is -0.114. The average molecular weight is 406 g/mol. The molecule has 2 amide bonds. The molecule has 0 radical (unpaired) electrons. The molecule has 3 N–H and O–H groups in total. The van der Waals surface area contributed by atoms with Crippen molar-refractivity contribution in [2.45, 2.75) is 19.9 Å². The molecule has 0 spiro atoms. The van der Waals surface area contributed by atoms with Crippen molar-refractivity contribution in [2.24, 2.45) is 0 Å². The molecule has 8 heteroatoms. The number of anilines is 2. The molecule has 0 bridgehead atoms. The summed E-state index contributed by atoms with van der Waals surface area (Å²) in [6.45, 7) is 3.72. The van der Waals surface area contributed by atoms with Crippen LogP contribution in [0.1, 0.15) is 24.2 Å². The maximum absolute atomic E-state index is 12.4. The summed E-state index contributed by atoms with van der Waals surface area (Å²) < 4.78 is 10.4. The first kappa shape index (κ1) is 21.4. The van der Waals surface area contributed by atoms with Crippen molar-refractivity contribution in [2.75, 3.05) is 31.4 Å². The number of carbonyl (C=O) groups excluding carboxylic acids is 2. The van der Waals surface area contributed by atoms with Crippen LogP contribution in [0.25, 0.3) is 0 Å². The van der Waals surface area contributed by atoms with Gasteiger partial charge < -0.3 is 25.4 Å². The van der Waals surface area contributed by atoms with Crippen LogP contribution >= 0.6 is 11.6 Å². The molecule has 2 rings (SSSR count). The molecule has 0 heterocycles. The smallest absolute Gasteiger partial charge is 0.253 e. The first-order chi connectivity index (χ1) is 13.3. The highest BCUT2D eigenvalue weighted by Gasteiger charge is 2.15. The number of ether oxygens (including phenoxy) is 2. The Morgan fingerprint density at radius 3 is 2.36 bits per heavy atom. The fourth-order valence-electron chi connectivity index (χ4n) is 2.50. The molecule has 2 aromatic carbocycles. The van der Waals surface area contributed by atoms with Crippen LogP contribution in [0.4, 0.5) is 11.4 Å². The predicted octanol–water partition coefficient (Wildman–Crippen LogP) is 3.55. The van der Waals surface area contributed by atoms with Crippen LogP contribution in [0.5, 0.6) is 11.5 Å². The van der Waals surface area contributed by atoms with Crippen LogP contribution in [0.3, 0.4) is 0 Å². The lowest BCUT2D eigenvalue weighted by Gasteiger charge is -2.15. The molecule has 0 aliphatic rings. The van der Waals surface area contributed by atoms with Crippen molar-refractivity contribution in [3.63, 3.8) is 0 Å². The topological polar surface area (TPSA) is 88.7 Å². The molecular formula is C20H24ClN3O4. The highest BCUT2D eigenvalue weighted by Crippen LogP contribution is 2.35. The van der Waals surface area contributed by atoms with Crippen LogP contribution in [0.15, 0.2) is 36.4 Å². The van der Waals surface area contributed by atoms with E-state index < -0.39 is 0 Å². The molecule has 0 fully saturated rings. The third kappa shape index (κ3) is 5.53. The third-order valence-corrected chi connectivity index (χ3v) is 4.07. The minimum Gasteiger partial charge on any atom is -0.495 e. The highest BCUT2D eigenvalue weighted by molar-refractivity contribution is 6.32. The first-order valence-electron chi connectivity index (χ1n) is 8.70. The van der Waals surface area contributed by atoms with E-state index in [-0.39, 0.29) is 24.4 Å².